The molecular weight excluding hydrogens is 232 g/mol. The number of H-pyrrole nitrogens is 1. The van der Waals surface area contributed by atoms with Crippen LogP contribution in [0.4, 0.5) is 0 Å². The first-order valence-corrected chi connectivity index (χ1v) is 5.42. The van der Waals surface area contributed by atoms with Crippen LogP contribution in [0.3, 0.4) is 0 Å². The summed E-state index contributed by atoms with van der Waals surface area (Å²) in [7, 11) is 0. The molecule has 0 unspecified atom stereocenters. The quantitative estimate of drug-likeness (QED) is 0.728. The van der Waals surface area contributed by atoms with Crippen LogP contribution in [-0.2, 0) is 6.54 Å². The van der Waals surface area contributed by atoms with Crippen LogP contribution in [-0.4, -0.2) is 20.9 Å². The Morgan fingerprint density at radius 1 is 1.44 bits per heavy atom. The smallest absolute Gasteiger partial charge is 0.253 e. The Morgan fingerprint density at radius 2 is 2.39 bits per heavy atom. The van der Waals surface area contributed by atoms with Gasteiger partial charge in [-0.05, 0) is 18.2 Å². The van der Waals surface area contributed by atoms with E-state index in [-0.39, 0.29) is 5.91 Å². The van der Waals surface area contributed by atoms with Crippen LogP contribution in [0.2, 0.25) is 0 Å². The van der Waals surface area contributed by atoms with Crippen molar-refractivity contribution in [1.29, 1.82) is 0 Å². The average Bonchev–Trinajstić information content (AvgIpc) is 3.05. The molecule has 2 N–H and O–H groups in total. The van der Waals surface area contributed by atoms with Crippen molar-refractivity contribution in [2.45, 2.75) is 6.54 Å². The van der Waals surface area contributed by atoms with Gasteiger partial charge in [0.2, 0.25) is 0 Å². The zero-order chi connectivity index (χ0) is 12.4. The number of furan rings is 1. The van der Waals surface area contributed by atoms with Gasteiger partial charge in [0.15, 0.2) is 5.65 Å². The molecule has 3 aromatic heterocycles. The van der Waals surface area contributed by atoms with Crippen LogP contribution in [0.15, 0.2) is 41.4 Å². The second kappa shape index (κ2) is 4.33. The van der Waals surface area contributed by atoms with Gasteiger partial charge in [0.1, 0.15) is 5.76 Å². The lowest BCUT2D eigenvalue weighted by atomic mass is 10.2. The van der Waals surface area contributed by atoms with Crippen molar-refractivity contribution in [2.75, 3.05) is 0 Å². The highest BCUT2D eigenvalue weighted by atomic mass is 16.3. The third kappa shape index (κ3) is 1.95. The third-order valence-corrected chi connectivity index (χ3v) is 2.54. The Morgan fingerprint density at radius 3 is 3.22 bits per heavy atom. The number of nitrogens with one attached hydrogen (secondary N) is 2. The number of nitrogens with zero attached hydrogens (tertiary/aromatic N) is 2. The van der Waals surface area contributed by atoms with E-state index in [0.29, 0.717) is 23.5 Å². The van der Waals surface area contributed by atoms with Crippen LogP contribution in [0.5, 0.6) is 0 Å². The first kappa shape index (κ1) is 10.5. The predicted molar refractivity (Wildman–Crippen MR) is 63.8 cm³/mol. The molecule has 3 heterocycles. The molecule has 3 rings (SSSR count). The molecule has 0 spiro atoms. The number of rotatable bonds is 3. The fourth-order valence-electron chi connectivity index (χ4n) is 1.64. The molecule has 6 heteroatoms. The number of imidazole rings is 1. The molecule has 0 fully saturated rings. The molecule has 0 atom stereocenters. The summed E-state index contributed by atoms with van der Waals surface area (Å²) in [4.78, 5) is 22.9. The minimum absolute atomic E-state index is 0.199. The van der Waals surface area contributed by atoms with Gasteiger partial charge in [0.05, 0.1) is 30.2 Å². The summed E-state index contributed by atoms with van der Waals surface area (Å²) in [6.45, 7) is 0.354. The maximum absolute atomic E-state index is 11.9. The highest BCUT2D eigenvalue weighted by Gasteiger charge is 2.08. The summed E-state index contributed by atoms with van der Waals surface area (Å²) in [6.07, 6.45) is 4.61. The van der Waals surface area contributed by atoms with E-state index in [0.717, 1.165) is 5.52 Å². The van der Waals surface area contributed by atoms with E-state index in [9.17, 15) is 4.79 Å². The van der Waals surface area contributed by atoms with Crippen LogP contribution >= 0.6 is 0 Å². The maximum atomic E-state index is 11.9. The number of hydrogen-bond donors (Lipinski definition) is 2. The number of carbonyl (C=O) groups is 1. The molecule has 0 aromatic carbocycles. The normalized spacial score (nSPS) is 10.7. The molecule has 0 bridgehead atoms. The van der Waals surface area contributed by atoms with Gasteiger partial charge in [-0.2, -0.15) is 0 Å². The van der Waals surface area contributed by atoms with Crippen molar-refractivity contribution in [2.24, 2.45) is 0 Å². The summed E-state index contributed by atoms with van der Waals surface area (Å²) in [6, 6.07) is 5.29. The fraction of sp³-hybridized carbons (Fsp3) is 0.0833. The summed E-state index contributed by atoms with van der Waals surface area (Å²) in [5.74, 6) is 0.509. The minimum atomic E-state index is -0.199. The van der Waals surface area contributed by atoms with Gasteiger partial charge in [0.25, 0.3) is 5.91 Å². The van der Waals surface area contributed by atoms with Crippen molar-refractivity contribution >= 4 is 17.1 Å². The van der Waals surface area contributed by atoms with Crippen molar-refractivity contribution < 1.29 is 9.21 Å². The Balaban J connectivity index is 1.75. The average molecular weight is 242 g/mol. The molecule has 0 aliphatic carbocycles. The topological polar surface area (TPSA) is 83.8 Å². The molecule has 0 saturated carbocycles. The number of aromatic amines is 1. The van der Waals surface area contributed by atoms with Gasteiger partial charge in [-0.15, -0.1) is 0 Å². The van der Waals surface area contributed by atoms with Gasteiger partial charge in [0, 0.05) is 6.20 Å². The van der Waals surface area contributed by atoms with Crippen LogP contribution < -0.4 is 5.32 Å². The Hall–Kier alpha value is -2.63. The van der Waals surface area contributed by atoms with E-state index in [1.54, 1.807) is 30.8 Å². The summed E-state index contributed by atoms with van der Waals surface area (Å²) in [5, 5.41) is 2.75. The predicted octanol–water partition coefficient (Wildman–Crippen LogP) is 1.48. The molecule has 1 amide bonds. The van der Waals surface area contributed by atoms with E-state index in [1.807, 2.05) is 0 Å². The van der Waals surface area contributed by atoms with E-state index < -0.39 is 0 Å². The number of aromatic nitrogens is 3. The van der Waals surface area contributed by atoms with Gasteiger partial charge in [-0.25, -0.2) is 9.97 Å². The number of fused-ring (bicyclic) bond motifs is 1. The second-order valence-electron chi connectivity index (χ2n) is 3.76. The van der Waals surface area contributed by atoms with E-state index >= 15 is 0 Å². The van der Waals surface area contributed by atoms with Crippen LogP contribution in [0.25, 0.3) is 11.2 Å². The van der Waals surface area contributed by atoms with Crippen molar-refractivity contribution in [3.05, 3.63) is 48.3 Å². The molecule has 0 aliphatic heterocycles. The van der Waals surface area contributed by atoms with Gasteiger partial charge >= 0.3 is 0 Å². The molecule has 90 valence electrons. The Labute approximate surface area is 102 Å². The number of hydrogen-bond acceptors (Lipinski definition) is 4. The first-order valence-electron chi connectivity index (χ1n) is 5.42. The van der Waals surface area contributed by atoms with Crippen LogP contribution in [0, 0.1) is 0 Å². The Kier molecular flexibility index (Phi) is 2.53. The van der Waals surface area contributed by atoms with E-state index in [4.69, 9.17) is 4.42 Å². The zero-order valence-electron chi connectivity index (χ0n) is 9.38. The monoisotopic (exact) mass is 242 g/mol. The second-order valence-corrected chi connectivity index (χ2v) is 3.76. The third-order valence-electron chi connectivity index (χ3n) is 2.54. The largest absolute Gasteiger partial charge is 0.467 e. The van der Waals surface area contributed by atoms with Crippen LogP contribution in [0.1, 0.15) is 16.1 Å². The molecule has 18 heavy (non-hydrogen) atoms. The van der Waals surface area contributed by atoms with Crippen molar-refractivity contribution in [3.63, 3.8) is 0 Å². The lowest BCUT2D eigenvalue weighted by Gasteiger charge is -2.02. The first-order chi connectivity index (χ1) is 8.83. The SMILES string of the molecule is O=C(NCc1ccco1)c1cnc2nc[nH]c2c1. The van der Waals surface area contributed by atoms with Crippen molar-refractivity contribution in [3.8, 4) is 0 Å². The molecule has 3 aromatic rings. The lowest BCUT2D eigenvalue weighted by molar-refractivity contribution is 0.0948. The summed E-state index contributed by atoms with van der Waals surface area (Å²) in [5.41, 5.74) is 1.82. The zero-order valence-corrected chi connectivity index (χ0v) is 9.38. The summed E-state index contributed by atoms with van der Waals surface area (Å²) >= 11 is 0. The maximum Gasteiger partial charge on any atom is 0.253 e. The molecular formula is C12H10N4O2. The lowest BCUT2D eigenvalue weighted by Crippen LogP contribution is -2.22. The Bertz CT molecular complexity index is 672. The van der Waals surface area contributed by atoms with Gasteiger partial charge < -0.3 is 14.7 Å². The number of amides is 1. The van der Waals surface area contributed by atoms with E-state index in [1.165, 1.54) is 6.20 Å². The molecule has 0 aliphatic rings. The highest BCUT2D eigenvalue weighted by Crippen LogP contribution is 2.08. The fourth-order valence-corrected chi connectivity index (χ4v) is 1.64. The standard InChI is InChI=1S/C12H10N4O2/c17-12(14-6-9-2-1-3-18-9)8-4-10-11(13-5-8)16-7-15-10/h1-5,7H,6H2,(H,14,17)(H,13,15,16). The molecule has 0 radical (unpaired) electrons. The van der Waals surface area contributed by atoms with Crippen molar-refractivity contribution in [1.82, 2.24) is 20.3 Å². The minimum Gasteiger partial charge on any atom is -0.467 e. The molecule has 0 saturated heterocycles. The van der Waals surface area contributed by atoms with E-state index in [2.05, 4.69) is 20.3 Å². The summed E-state index contributed by atoms with van der Waals surface area (Å²) < 4.78 is 5.13. The molecule has 6 nitrogen and oxygen atoms in total. The van der Waals surface area contributed by atoms with Gasteiger partial charge in [-0.1, -0.05) is 0 Å². The number of carbonyl (C=O) groups excluding carboxylic acids is 1. The number of pyridine rings is 1. The van der Waals surface area contributed by atoms with Gasteiger partial charge in [-0.3, -0.25) is 4.79 Å². The highest BCUT2D eigenvalue weighted by molar-refractivity contribution is 5.96.